The molecule has 1 saturated carbocycles. The van der Waals surface area contributed by atoms with Crippen molar-refractivity contribution in [2.45, 2.75) is 67.6 Å². The minimum absolute atomic E-state index is 0.00949. The van der Waals surface area contributed by atoms with Gasteiger partial charge in [-0.1, -0.05) is 12.1 Å². The molecular weight excluding hydrogens is 636 g/mol. The van der Waals surface area contributed by atoms with Gasteiger partial charge in [-0.2, -0.15) is 26.3 Å². The Morgan fingerprint density at radius 1 is 1.07 bits per heavy atom. The van der Waals surface area contributed by atoms with Crippen molar-refractivity contribution >= 4 is 23.4 Å². The van der Waals surface area contributed by atoms with Crippen molar-refractivity contribution < 1.29 is 46.1 Å². The predicted octanol–water partition coefficient (Wildman–Crippen LogP) is 7.32. The molecule has 1 aromatic carbocycles. The number of nitrogens with zero attached hydrogens (tertiary/aromatic N) is 2. The first-order chi connectivity index (χ1) is 21.8. The molecule has 0 spiro atoms. The van der Waals surface area contributed by atoms with Crippen molar-refractivity contribution in [2.24, 2.45) is 0 Å². The average molecular weight is 676 g/mol. The van der Waals surface area contributed by atoms with Crippen LogP contribution in [0, 0.1) is 0 Å². The van der Waals surface area contributed by atoms with Crippen LogP contribution in [0.5, 0.6) is 0 Å². The van der Waals surface area contributed by atoms with Gasteiger partial charge in [0.15, 0.2) is 0 Å². The second-order valence-corrected chi connectivity index (χ2v) is 12.6. The summed E-state index contributed by atoms with van der Waals surface area (Å²) in [7, 11) is 0. The number of aliphatic hydroxyl groups is 2. The van der Waals surface area contributed by atoms with Crippen LogP contribution in [0.4, 0.5) is 32.0 Å². The Labute approximate surface area is 268 Å². The van der Waals surface area contributed by atoms with Gasteiger partial charge in [-0.3, -0.25) is 9.69 Å². The Morgan fingerprint density at radius 2 is 1.76 bits per heavy atom. The zero-order valence-electron chi connectivity index (χ0n) is 25.5. The highest BCUT2D eigenvalue weighted by Crippen LogP contribution is 2.49. The number of hydrogen-bond donors (Lipinski definition) is 3. The second kappa shape index (κ2) is 15.7. The third-order valence-corrected chi connectivity index (χ3v) is 9.49. The fraction of sp³-hybridized carbons (Fsp3) is 0.531. The minimum atomic E-state index is -5.31. The van der Waals surface area contributed by atoms with Crippen molar-refractivity contribution in [3.63, 3.8) is 0 Å². The number of amides is 1. The number of alkyl halides is 6. The number of allylic oxidation sites excluding steroid dienone is 5. The molecule has 1 saturated heterocycles. The predicted molar refractivity (Wildman–Crippen MR) is 165 cm³/mol. The minimum Gasteiger partial charge on any atom is -0.481 e. The van der Waals surface area contributed by atoms with Crippen LogP contribution in [0.25, 0.3) is 0 Å². The number of carbonyl (C=O) groups excluding carboxylic acids is 1. The van der Waals surface area contributed by atoms with Gasteiger partial charge in [0.1, 0.15) is 0 Å². The van der Waals surface area contributed by atoms with Crippen LogP contribution in [-0.2, 0) is 9.53 Å². The highest BCUT2D eigenvalue weighted by atomic mass is 32.2. The van der Waals surface area contributed by atoms with E-state index in [1.165, 1.54) is 4.90 Å². The Hall–Kier alpha value is -3.10. The van der Waals surface area contributed by atoms with Crippen LogP contribution < -0.4 is 5.32 Å². The molecule has 4 rings (SSSR count). The molecule has 3 aliphatic rings. The summed E-state index contributed by atoms with van der Waals surface area (Å²) in [5.74, 6) is -1.22. The van der Waals surface area contributed by atoms with E-state index >= 15 is 0 Å². The summed E-state index contributed by atoms with van der Waals surface area (Å²) in [6, 6.07) is 6.50. The molecule has 1 aromatic rings. The molecule has 1 atom stereocenters. The van der Waals surface area contributed by atoms with Gasteiger partial charge < -0.3 is 25.2 Å². The quantitative estimate of drug-likeness (QED) is 0.104. The number of thioether (sulfide) groups is 1. The van der Waals surface area contributed by atoms with E-state index in [2.05, 4.69) is 10.2 Å². The molecule has 2 aliphatic carbocycles. The SMILES string of the molecule is CCOCCN1CCN(C(=O)/C=C/C2=CCC(Sc3cccc(NC4CCC(=C(O)O)CC4)c3)C(C(F)(F)F)=C2C(F)(F)F)CC1. The largest absolute Gasteiger partial charge is 0.481 e. The number of carbonyl (C=O) groups is 1. The maximum absolute atomic E-state index is 14.4. The number of aliphatic hydroxyl groups excluding tert-OH is 1. The van der Waals surface area contributed by atoms with Gasteiger partial charge in [0.05, 0.1) is 17.8 Å². The third-order valence-electron chi connectivity index (χ3n) is 8.25. The molecule has 0 bridgehead atoms. The Kier molecular flexibility index (Phi) is 12.2. The maximum Gasteiger partial charge on any atom is 0.417 e. The smallest absolute Gasteiger partial charge is 0.417 e. The summed E-state index contributed by atoms with van der Waals surface area (Å²) in [6.07, 6.45) is -5.79. The summed E-state index contributed by atoms with van der Waals surface area (Å²) in [5, 5.41) is 20.3. The Bertz CT molecular complexity index is 1340. The van der Waals surface area contributed by atoms with E-state index in [0.717, 1.165) is 18.2 Å². The molecule has 46 heavy (non-hydrogen) atoms. The monoisotopic (exact) mass is 675 g/mol. The molecule has 3 N–H and O–H groups in total. The summed E-state index contributed by atoms with van der Waals surface area (Å²) in [4.78, 5) is 16.7. The molecule has 2 fully saturated rings. The molecule has 1 aliphatic heterocycles. The standard InChI is InChI=1S/C32H39F6N3O4S/c1-2-45-19-18-40-14-16-41(17-15-40)27(42)13-9-21-8-12-26(29(32(36,37)38)28(21)31(33,34)35)46-25-5-3-4-24(20-25)39-23-10-6-22(7-11-23)30(43)44/h3-5,8-9,13,20,23,26,39,43-44H,2,6-7,10-12,14-19H2,1H3/b13-9+. The van der Waals surface area contributed by atoms with Crippen LogP contribution in [0.1, 0.15) is 39.0 Å². The van der Waals surface area contributed by atoms with Gasteiger partial charge in [0, 0.05) is 72.9 Å². The van der Waals surface area contributed by atoms with Gasteiger partial charge in [-0.15, -0.1) is 11.8 Å². The van der Waals surface area contributed by atoms with E-state index in [1.807, 2.05) is 6.92 Å². The lowest BCUT2D eigenvalue weighted by atomic mass is 9.89. The Morgan fingerprint density at radius 3 is 2.37 bits per heavy atom. The molecule has 1 amide bonds. The highest BCUT2D eigenvalue weighted by molar-refractivity contribution is 8.00. The normalized spacial score (nSPS) is 21.9. The van der Waals surface area contributed by atoms with Crippen LogP contribution in [0.2, 0.25) is 0 Å². The zero-order chi connectivity index (χ0) is 33.5. The van der Waals surface area contributed by atoms with E-state index in [1.54, 1.807) is 24.3 Å². The highest BCUT2D eigenvalue weighted by Gasteiger charge is 2.50. The van der Waals surface area contributed by atoms with Crippen LogP contribution in [0.3, 0.4) is 0 Å². The summed E-state index contributed by atoms with van der Waals surface area (Å²) in [5.41, 5.74) is -2.95. The fourth-order valence-corrected chi connectivity index (χ4v) is 7.10. The van der Waals surface area contributed by atoms with Crippen molar-refractivity contribution in [3.8, 4) is 0 Å². The van der Waals surface area contributed by atoms with Gasteiger partial charge in [0.2, 0.25) is 5.91 Å². The van der Waals surface area contributed by atoms with E-state index in [-0.39, 0.29) is 12.5 Å². The number of benzene rings is 1. The van der Waals surface area contributed by atoms with Gasteiger partial charge in [-0.05, 0) is 68.9 Å². The molecule has 0 aromatic heterocycles. The number of halogens is 6. The lowest BCUT2D eigenvalue weighted by molar-refractivity contribution is -0.127. The van der Waals surface area contributed by atoms with Gasteiger partial charge in [-0.25, -0.2) is 0 Å². The Balaban J connectivity index is 1.48. The van der Waals surface area contributed by atoms with Crippen molar-refractivity contribution in [1.29, 1.82) is 0 Å². The van der Waals surface area contributed by atoms with E-state index in [0.29, 0.717) is 99.5 Å². The van der Waals surface area contributed by atoms with Crippen molar-refractivity contribution in [2.75, 3.05) is 51.3 Å². The van der Waals surface area contributed by atoms with Crippen LogP contribution in [-0.4, -0.2) is 95.5 Å². The summed E-state index contributed by atoms with van der Waals surface area (Å²) in [6.45, 7) is 5.53. The van der Waals surface area contributed by atoms with Crippen molar-refractivity contribution in [3.05, 3.63) is 70.7 Å². The molecule has 254 valence electrons. The molecular formula is C32H39F6N3O4S. The van der Waals surface area contributed by atoms with Crippen molar-refractivity contribution in [1.82, 2.24) is 9.80 Å². The molecule has 0 radical (unpaired) electrons. The summed E-state index contributed by atoms with van der Waals surface area (Å²) >= 11 is 0.707. The first-order valence-corrected chi connectivity index (χ1v) is 16.1. The van der Waals surface area contributed by atoms with Gasteiger partial charge in [0.25, 0.3) is 5.95 Å². The average Bonchev–Trinajstić information content (AvgIpc) is 3.00. The maximum atomic E-state index is 14.4. The van der Waals surface area contributed by atoms with E-state index in [9.17, 15) is 41.4 Å². The number of nitrogens with one attached hydrogen (secondary N) is 1. The van der Waals surface area contributed by atoms with Crippen LogP contribution in [0.15, 0.2) is 75.6 Å². The number of piperazine rings is 1. The summed E-state index contributed by atoms with van der Waals surface area (Å²) < 4.78 is 91.5. The van der Waals surface area contributed by atoms with Crippen LogP contribution >= 0.6 is 11.8 Å². The number of hydrogen-bond acceptors (Lipinski definition) is 7. The molecule has 1 unspecified atom stereocenters. The second-order valence-electron chi connectivity index (χ2n) is 11.4. The lowest BCUT2D eigenvalue weighted by Crippen LogP contribution is -2.49. The first-order valence-electron chi connectivity index (χ1n) is 15.3. The molecule has 1 heterocycles. The third kappa shape index (κ3) is 9.71. The van der Waals surface area contributed by atoms with Gasteiger partial charge >= 0.3 is 12.4 Å². The molecule has 14 heteroatoms. The fourth-order valence-electron chi connectivity index (χ4n) is 5.86. The van der Waals surface area contributed by atoms with E-state index < -0.39 is 46.2 Å². The molecule has 7 nitrogen and oxygen atoms in total. The van der Waals surface area contributed by atoms with E-state index in [4.69, 9.17) is 4.74 Å². The first kappa shape index (κ1) is 35.7. The number of rotatable bonds is 10. The number of ether oxygens (including phenoxy) is 1. The number of anilines is 1. The topological polar surface area (TPSA) is 85.3 Å². The lowest BCUT2D eigenvalue weighted by Gasteiger charge is -2.34. The zero-order valence-corrected chi connectivity index (χ0v) is 26.3.